The van der Waals surface area contributed by atoms with Crippen LogP contribution in [-0.2, 0) is 18.4 Å². The van der Waals surface area contributed by atoms with E-state index in [1.807, 2.05) is 27.2 Å². The maximum Gasteiger partial charge on any atom is 0.472 e. The molecule has 0 rings (SSSR count). The van der Waals surface area contributed by atoms with Crippen LogP contribution in [0.15, 0.2) is 48.6 Å². The number of phosphoric acid groups is 1. The predicted molar refractivity (Wildman–Crippen MR) is 207 cm³/mol. The molecule has 286 valence electrons. The molecule has 1 amide bonds. The lowest BCUT2D eigenvalue weighted by Gasteiger charge is -2.25. The number of carbonyl (C=O) groups is 1. The van der Waals surface area contributed by atoms with Crippen molar-refractivity contribution >= 4 is 13.7 Å². The van der Waals surface area contributed by atoms with Gasteiger partial charge in [0.05, 0.1) is 39.9 Å². The number of rotatable bonds is 34. The van der Waals surface area contributed by atoms with E-state index in [1.54, 1.807) is 6.08 Å². The molecule has 0 heterocycles. The van der Waals surface area contributed by atoms with E-state index in [-0.39, 0.29) is 19.1 Å². The number of nitrogens with zero attached hydrogens (tertiary/aromatic N) is 1. The predicted octanol–water partition coefficient (Wildman–Crippen LogP) is 10.1. The third-order valence-corrected chi connectivity index (χ3v) is 9.23. The summed E-state index contributed by atoms with van der Waals surface area (Å²) < 4.78 is 23.4. The van der Waals surface area contributed by atoms with Crippen molar-refractivity contribution in [2.45, 2.75) is 161 Å². The Morgan fingerprint density at radius 1 is 0.673 bits per heavy atom. The maximum atomic E-state index is 12.7. The van der Waals surface area contributed by atoms with Crippen LogP contribution in [-0.4, -0.2) is 73.4 Å². The Balaban J connectivity index is 4.62. The monoisotopic (exact) mass is 712 g/mol. The molecule has 0 aromatic heterocycles. The highest BCUT2D eigenvalue weighted by molar-refractivity contribution is 7.47. The third-order valence-electron chi connectivity index (χ3n) is 8.25. The van der Waals surface area contributed by atoms with Crippen molar-refractivity contribution in [3.05, 3.63) is 48.6 Å². The van der Waals surface area contributed by atoms with Crippen LogP contribution in [0.4, 0.5) is 0 Å². The number of aliphatic hydroxyl groups is 1. The lowest BCUT2D eigenvalue weighted by atomic mass is 10.1. The number of hydrogen-bond donors (Lipinski definition) is 3. The smallest absolute Gasteiger partial charge is 0.387 e. The first-order chi connectivity index (χ1) is 23.5. The van der Waals surface area contributed by atoms with Gasteiger partial charge in [0.15, 0.2) is 0 Å². The van der Waals surface area contributed by atoms with Gasteiger partial charge in [-0.05, 0) is 64.2 Å². The Morgan fingerprint density at radius 3 is 1.69 bits per heavy atom. The van der Waals surface area contributed by atoms with Gasteiger partial charge in [-0.25, -0.2) is 4.57 Å². The second-order valence-corrected chi connectivity index (χ2v) is 15.7. The fraction of sp³-hybridized carbons (Fsp3) is 0.775. The van der Waals surface area contributed by atoms with Gasteiger partial charge in [-0.15, -0.1) is 0 Å². The summed E-state index contributed by atoms with van der Waals surface area (Å²) in [6.45, 7) is 4.69. The maximum absolute atomic E-state index is 12.7. The molecule has 0 bridgehead atoms. The molecular weight excluding hydrogens is 635 g/mol. The van der Waals surface area contributed by atoms with E-state index in [1.165, 1.54) is 64.2 Å². The Labute approximate surface area is 301 Å². The molecule has 0 spiro atoms. The number of unbranched alkanes of at least 4 members (excludes halogenated alkanes) is 15. The van der Waals surface area contributed by atoms with Crippen LogP contribution in [0, 0.1) is 0 Å². The van der Waals surface area contributed by atoms with Crippen LogP contribution >= 0.6 is 7.82 Å². The molecule has 8 nitrogen and oxygen atoms in total. The molecule has 3 atom stereocenters. The van der Waals surface area contributed by atoms with Crippen molar-refractivity contribution < 1.29 is 32.9 Å². The minimum absolute atomic E-state index is 0.0500. The van der Waals surface area contributed by atoms with Gasteiger partial charge in [0.25, 0.3) is 0 Å². The number of amides is 1. The Morgan fingerprint density at radius 2 is 1.14 bits per heavy atom. The molecular formula is C40H76N2O6P+. The number of carbonyl (C=O) groups excluding carboxylic acids is 1. The van der Waals surface area contributed by atoms with Gasteiger partial charge in [0, 0.05) is 6.42 Å². The molecule has 0 saturated carbocycles. The van der Waals surface area contributed by atoms with E-state index in [2.05, 4.69) is 55.6 Å². The molecule has 3 unspecified atom stereocenters. The van der Waals surface area contributed by atoms with Crippen LogP contribution < -0.4 is 5.32 Å². The van der Waals surface area contributed by atoms with E-state index >= 15 is 0 Å². The fourth-order valence-corrected chi connectivity index (χ4v) is 5.79. The number of nitrogens with one attached hydrogen (secondary N) is 1. The summed E-state index contributed by atoms with van der Waals surface area (Å²) >= 11 is 0. The van der Waals surface area contributed by atoms with Crippen LogP contribution in [0.5, 0.6) is 0 Å². The molecule has 3 N–H and O–H groups in total. The molecule has 0 aromatic carbocycles. The van der Waals surface area contributed by atoms with E-state index in [9.17, 15) is 19.4 Å². The van der Waals surface area contributed by atoms with Crippen molar-refractivity contribution in [3.8, 4) is 0 Å². The Bertz CT molecular complexity index is 944. The molecule has 0 radical (unpaired) electrons. The zero-order chi connectivity index (χ0) is 36.5. The number of likely N-dealkylation sites (N-methyl/N-ethyl adjacent to an activating group) is 1. The van der Waals surface area contributed by atoms with E-state index in [4.69, 9.17) is 9.05 Å². The van der Waals surface area contributed by atoms with Gasteiger partial charge in [0.2, 0.25) is 5.91 Å². The first-order valence-corrected chi connectivity index (χ1v) is 21.0. The minimum Gasteiger partial charge on any atom is -0.387 e. The average Bonchev–Trinajstić information content (AvgIpc) is 3.04. The van der Waals surface area contributed by atoms with Crippen molar-refractivity contribution in [2.24, 2.45) is 0 Å². The van der Waals surface area contributed by atoms with Gasteiger partial charge in [-0.2, -0.15) is 0 Å². The Hall–Kier alpha value is -1.54. The van der Waals surface area contributed by atoms with Gasteiger partial charge in [-0.1, -0.05) is 127 Å². The summed E-state index contributed by atoms with van der Waals surface area (Å²) in [4.78, 5) is 22.9. The summed E-state index contributed by atoms with van der Waals surface area (Å²) in [6.07, 6.45) is 39.0. The molecule has 9 heteroatoms. The van der Waals surface area contributed by atoms with Crippen LogP contribution in [0.25, 0.3) is 0 Å². The van der Waals surface area contributed by atoms with Crippen molar-refractivity contribution in [3.63, 3.8) is 0 Å². The summed E-state index contributed by atoms with van der Waals surface area (Å²) in [6, 6.07) is -0.872. The number of hydrogen-bond acceptors (Lipinski definition) is 5. The summed E-state index contributed by atoms with van der Waals surface area (Å²) in [5.41, 5.74) is 0. The van der Waals surface area contributed by atoms with E-state index in [0.29, 0.717) is 17.4 Å². The van der Waals surface area contributed by atoms with E-state index < -0.39 is 20.0 Å². The third kappa shape index (κ3) is 34.7. The van der Waals surface area contributed by atoms with Crippen LogP contribution in [0.1, 0.15) is 149 Å². The molecule has 0 aliphatic carbocycles. The number of allylic oxidation sites excluding steroid dienone is 7. The highest BCUT2D eigenvalue weighted by Gasteiger charge is 2.27. The number of phosphoric ester groups is 1. The second-order valence-electron chi connectivity index (χ2n) is 14.3. The first-order valence-electron chi connectivity index (χ1n) is 19.5. The van der Waals surface area contributed by atoms with Crippen molar-refractivity contribution in [1.29, 1.82) is 0 Å². The van der Waals surface area contributed by atoms with E-state index in [0.717, 1.165) is 64.2 Å². The lowest BCUT2D eigenvalue weighted by molar-refractivity contribution is -0.870. The SMILES string of the molecule is CCCC/C=C\CCCCCCC(=O)NC(COP(=O)(O)OCC[N+](C)(C)C)C(O)/C=C/CC/C=C/CC/C=C/CCCCCCCCC. The number of quaternary nitrogens is 1. The van der Waals surface area contributed by atoms with Gasteiger partial charge in [0.1, 0.15) is 13.2 Å². The zero-order valence-electron chi connectivity index (χ0n) is 32.2. The van der Waals surface area contributed by atoms with Crippen LogP contribution in [0.2, 0.25) is 0 Å². The summed E-state index contributed by atoms with van der Waals surface area (Å²) in [5.74, 6) is -0.210. The topological polar surface area (TPSA) is 105 Å². The molecule has 49 heavy (non-hydrogen) atoms. The quantitative estimate of drug-likeness (QED) is 0.0266. The van der Waals surface area contributed by atoms with Gasteiger partial charge in [-0.3, -0.25) is 13.8 Å². The zero-order valence-corrected chi connectivity index (χ0v) is 33.1. The fourth-order valence-electron chi connectivity index (χ4n) is 5.05. The highest BCUT2D eigenvalue weighted by Crippen LogP contribution is 2.43. The van der Waals surface area contributed by atoms with Gasteiger partial charge < -0.3 is 19.8 Å². The summed E-state index contributed by atoms with van der Waals surface area (Å²) in [7, 11) is 1.53. The molecule has 0 aliphatic heterocycles. The molecule has 0 saturated heterocycles. The molecule has 0 aliphatic rings. The first kappa shape index (κ1) is 47.5. The largest absolute Gasteiger partial charge is 0.472 e. The standard InChI is InChI=1S/C40H75N2O6P/c1-6-8-10-12-14-16-18-19-20-21-22-23-24-25-27-29-31-33-39(43)38(37-48-49(45,46)47-36-35-42(3,4)5)41-40(44)34-32-30-28-26-17-15-13-11-9-7-2/h13,15,20-21,24-25,31,33,38-39,43H,6-12,14,16-19,22-23,26-30,32,34-37H2,1-5H3,(H-,41,44,45,46)/p+1/b15-13-,21-20+,25-24+,33-31+. The highest BCUT2D eigenvalue weighted by atomic mass is 31.2. The summed E-state index contributed by atoms with van der Waals surface area (Å²) in [5, 5.41) is 13.7. The van der Waals surface area contributed by atoms with Crippen LogP contribution in [0.3, 0.4) is 0 Å². The van der Waals surface area contributed by atoms with Gasteiger partial charge >= 0.3 is 7.82 Å². The minimum atomic E-state index is -4.34. The molecule has 0 aromatic rings. The second kappa shape index (κ2) is 32.4. The van der Waals surface area contributed by atoms with Crippen molar-refractivity contribution in [2.75, 3.05) is 40.9 Å². The Kier molecular flexibility index (Phi) is 31.4. The van der Waals surface area contributed by atoms with Crippen molar-refractivity contribution in [1.82, 2.24) is 5.32 Å². The average molecular weight is 712 g/mol. The lowest BCUT2D eigenvalue weighted by Crippen LogP contribution is -2.45. The number of aliphatic hydroxyl groups excluding tert-OH is 1. The molecule has 0 fully saturated rings. The normalized spacial score (nSPS) is 15.2.